The molecule has 0 fully saturated rings. The number of rotatable bonds is 0. The maximum absolute atomic E-state index is 12.5. The lowest BCUT2D eigenvalue weighted by molar-refractivity contribution is 0.633. The van der Waals surface area contributed by atoms with Gasteiger partial charge in [0.25, 0.3) is 0 Å². The average molecular weight is 155 g/mol. The van der Waals surface area contributed by atoms with Crippen molar-refractivity contribution in [2.45, 2.75) is 0 Å². The predicted octanol–water partition coefficient (Wildman–Crippen LogP) is 0.855. The van der Waals surface area contributed by atoms with Crippen molar-refractivity contribution in [3.05, 3.63) is 23.0 Å². The van der Waals surface area contributed by atoms with Crippen LogP contribution < -0.4 is 11.2 Å². The van der Waals surface area contributed by atoms with Crippen LogP contribution in [-0.4, -0.2) is 7.85 Å². The van der Waals surface area contributed by atoms with E-state index in [1.807, 2.05) is 0 Å². The Balaban J connectivity index is 3.28. The zero-order chi connectivity index (χ0) is 7.72. The van der Waals surface area contributed by atoms with E-state index in [1.165, 1.54) is 6.07 Å². The van der Waals surface area contributed by atoms with Crippen LogP contribution in [0.4, 0.5) is 10.1 Å². The minimum atomic E-state index is -0.540. The third-order valence-electron chi connectivity index (χ3n) is 1.12. The molecule has 2 radical (unpaired) electrons. The van der Waals surface area contributed by atoms with Crippen molar-refractivity contribution < 1.29 is 4.39 Å². The molecule has 2 N–H and O–H groups in total. The number of nitrogen functional groups attached to an aromatic ring is 1. The summed E-state index contributed by atoms with van der Waals surface area (Å²) in [6.45, 7) is 0. The number of halogens is 2. The average Bonchev–Trinajstić information content (AvgIpc) is 1.84. The number of benzene rings is 1. The minimum Gasteiger partial charge on any atom is -0.396 e. The first-order valence-electron chi connectivity index (χ1n) is 2.61. The predicted molar refractivity (Wildman–Crippen MR) is 41.2 cm³/mol. The summed E-state index contributed by atoms with van der Waals surface area (Å²) in [6, 6.07) is 2.38. The van der Waals surface area contributed by atoms with Gasteiger partial charge in [-0.1, -0.05) is 17.1 Å². The Morgan fingerprint density at radius 1 is 1.50 bits per heavy atom. The van der Waals surface area contributed by atoms with Crippen LogP contribution in [0.3, 0.4) is 0 Å². The highest BCUT2D eigenvalue weighted by Gasteiger charge is 2.00. The SMILES string of the molecule is [B]c1cc(F)c(N)cc1Cl. The second-order valence-electron chi connectivity index (χ2n) is 1.90. The van der Waals surface area contributed by atoms with Crippen LogP contribution in [0.2, 0.25) is 5.02 Å². The van der Waals surface area contributed by atoms with E-state index < -0.39 is 5.82 Å². The molecule has 4 heteroatoms. The van der Waals surface area contributed by atoms with E-state index in [0.717, 1.165) is 6.07 Å². The van der Waals surface area contributed by atoms with Crippen molar-refractivity contribution in [2.24, 2.45) is 0 Å². The molecule has 0 aliphatic heterocycles. The maximum atomic E-state index is 12.5. The van der Waals surface area contributed by atoms with Gasteiger partial charge in [-0.2, -0.15) is 0 Å². The van der Waals surface area contributed by atoms with E-state index in [4.69, 9.17) is 25.2 Å². The molecule has 0 aromatic heterocycles. The third kappa shape index (κ3) is 1.24. The van der Waals surface area contributed by atoms with Gasteiger partial charge in [-0.05, 0) is 12.1 Å². The molecule has 0 saturated heterocycles. The van der Waals surface area contributed by atoms with Crippen molar-refractivity contribution in [1.29, 1.82) is 0 Å². The molecule has 0 saturated carbocycles. The lowest BCUT2D eigenvalue weighted by Gasteiger charge is -1.99. The van der Waals surface area contributed by atoms with Gasteiger partial charge in [-0.15, -0.1) is 0 Å². The minimum absolute atomic E-state index is 0.0131. The van der Waals surface area contributed by atoms with Gasteiger partial charge in [-0.3, -0.25) is 0 Å². The topological polar surface area (TPSA) is 26.0 Å². The molecule has 0 aliphatic carbocycles. The standard InChI is InChI=1S/C6H4BClFN/c7-3-1-5(9)6(10)2-4(3)8/h1-2H,10H2. The molecule has 0 atom stereocenters. The molecule has 1 nitrogen and oxygen atoms in total. The zero-order valence-electron chi connectivity index (χ0n) is 5.07. The maximum Gasteiger partial charge on any atom is 0.145 e. The third-order valence-corrected chi connectivity index (χ3v) is 1.44. The molecule has 1 rings (SSSR count). The summed E-state index contributed by atoms with van der Waals surface area (Å²) in [7, 11) is 5.26. The molecule has 10 heavy (non-hydrogen) atoms. The van der Waals surface area contributed by atoms with Gasteiger partial charge in [0, 0.05) is 5.02 Å². The van der Waals surface area contributed by atoms with Crippen LogP contribution in [0, 0.1) is 5.82 Å². The molecule has 0 bridgehead atoms. The largest absolute Gasteiger partial charge is 0.396 e. The van der Waals surface area contributed by atoms with Gasteiger partial charge in [0.2, 0.25) is 0 Å². The quantitative estimate of drug-likeness (QED) is 0.436. The van der Waals surface area contributed by atoms with E-state index in [1.54, 1.807) is 0 Å². The summed E-state index contributed by atoms with van der Waals surface area (Å²) in [6.07, 6.45) is 0. The van der Waals surface area contributed by atoms with Gasteiger partial charge in [0.05, 0.1) is 5.69 Å². The smallest absolute Gasteiger partial charge is 0.145 e. The van der Waals surface area contributed by atoms with Crippen LogP contribution in [-0.2, 0) is 0 Å². The van der Waals surface area contributed by atoms with Crippen molar-refractivity contribution in [2.75, 3.05) is 5.73 Å². The molecule has 0 unspecified atom stereocenters. The summed E-state index contributed by atoms with van der Waals surface area (Å²) in [4.78, 5) is 0. The van der Waals surface area contributed by atoms with E-state index >= 15 is 0 Å². The van der Waals surface area contributed by atoms with Gasteiger partial charge in [-0.25, -0.2) is 4.39 Å². The second-order valence-corrected chi connectivity index (χ2v) is 2.30. The molecule has 0 heterocycles. The van der Waals surface area contributed by atoms with Crippen molar-refractivity contribution in [3.8, 4) is 0 Å². The fraction of sp³-hybridized carbons (Fsp3) is 0. The first-order chi connectivity index (χ1) is 4.61. The van der Waals surface area contributed by atoms with Crippen LogP contribution in [0.5, 0.6) is 0 Å². The Kier molecular flexibility index (Phi) is 1.86. The van der Waals surface area contributed by atoms with Crippen molar-refractivity contribution >= 4 is 30.6 Å². The Hall–Kier alpha value is -0.695. The number of anilines is 1. The summed E-state index contributed by atoms with van der Waals surface area (Å²) >= 11 is 5.51. The molecule has 1 aromatic rings. The number of hydrogen-bond acceptors (Lipinski definition) is 1. The highest BCUT2D eigenvalue weighted by atomic mass is 35.5. The van der Waals surface area contributed by atoms with E-state index in [9.17, 15) is 4.39 Å². The monoisotopic (exact) mass is 155 g/mol. The molecular formula is C6H4BClFN. The van der Waals surface area contributed by atoms with Gasteiger partial charge >= 0.3 is 0 Å². The Morgan fingerprint density at radius 3 is 2.60 bits per heavy atom. The zero-order valence-corrected chi connectivity index (χ0v) is 5.82. The van der Waals surface area contributed by atoms with Crippen LogP contribution in [0.15, 0.2) is 12.1 Å². The first kappa shape index (κ1) is 7.41. The fourth-order valence-electron chi connectivity index (χ4n) is 0.578. The fourth-order valence-corrected chi connectivity index (χ4v) is 0.750. The second kappa shape index (κ2) is 2.50. The van der Waals surface area contributed by atoms with Crippen molar-refractivity contribution in [3.63, 3.8) is 0 Å². The Bertz CT molecular complexity index is 214. The van der Waals surface area contributed by atoms with Gasteiger partial charge in [0.1, 0.15) is 13.7 Å². The molecule has 50 valence electrons. The summed E-state index contributed by atoms with van der Waals surface area (Å²) in [5, 5.41) is 0.277. The summed E-state index contributed by atoms with van der Waals surface area (Å²) in [5.41, 5.74) is 5.39. The lowest BCUT2D eigenvalue weighted by Crippen LogP contribution is -2.06. The first-order valence-corrected chi connectivity index (χ1v) is 2.99. The number of hydrogen-bond donors (Lipinski definition) is 1. The molecule has 1 aromatic carbocycles. The van der Waals surface area contributed by atoms with Crippen molar-refractivity contribution in [1.82, 2.24) is 0 Å². The highest BCUT2D eigenvalue weighted by Crippen LogP contribution is 2.13. The van der Waals surface area contributed by atoms with Crippen LogP contribution in [0.1, 0.15) is 0 Å². The normalized spacial score (nSPS) is 9.80. The Morgan fingerprint density at radius 2 is 2.10 bits per heavy atom. The number of nitrogens with two attached hydrogens (primary N) is 1. The molecular weight excluding hydrogens is 151 g/mol. The molecule has 0 spiro atoms. The van der Waals surface area contributed by atoms with Crippen LogP contribution in [0.25, 0.3) is 0 Å². The summed E-state index contributed by atoms with van der Waals surface area (Å²) in [5.74, 6) is -0.540. The van der Waals surface area contributed by atoms with Gasteiger partial charge in [0.15, 0.2) is 0 Å². The highest BCUT2D eigenvalue weighted by molar-refractivity contribution is 6.45. The molecule has 0 amide bonds. The lowest BCUT2D eigenvalue weighted by atomic mass is 9.96. The summed E-state index contributed by atoms with van der Waals surface area (Å²) < 4.78 is 12.5. The Labute approximate surface area is 64.4 Å². The van der Waals surface area contributed by atoms with E-state index in [2.05, 4.69) is 0 Å². The van der Waals surface area contributed by atoms with Gasteiger partial charge < -0.3 is 5.73 Å². The van der Waals surface area contributed by atoms with E-state index in [0.29, 0.717) is 0 Å². The van der Waals surface area contributed by atoms with Crippen LogP contribution >= 0.6 is 11.6 Å². The molecule has 0 aliphatic rings. The van der Waals surface area contributed by atoms with E-state index in [-0.39, 0.29) is 16.2 Å².